The van der Waals surface area contributed by atoms with Gasteiger partial charge in [-0.2, -0.15) is 0 Å². The van der Waals surface area contributed by atoms with E-state index in [0.717, 1.165) is 44.8 Å². The van der Waals surface area contributed by atoms with Gasteiger partial charge in [-0.3, -0.25) is 9.59 Å². The lowest BCUT2D eigenvalue weighted by atomic mass is 10.0. The molecule has 0 aromatic heterocycles. The fourth-order valence-electron chi connectivity index (χ4n) is 3.26. The van der Waals surface area contributed by atoms with Crippen LogP contribution in [-0.4, -0.2) is 48.9 Å². The number of hydrogen-bond donors (Lipinski definition) is 2. The Balaban J connectivity index is 0.00000243. The molecule has 0 spiro atoms. The topological polar surface area (TPSA) is 61.4 Å². The predicted molar refractivity (Wildman–Crippen MR) is 106 cm³/mol. The molecule has 0 atom stereocenters. The molecule has 1 aliphatic heterocycles. The predicted octanol–water partition coefficient (Wildman–Crippen LogP) is 2.85. The zero-order valence-electron chi connectivity index (χ0n) is 15.5. The maximum absolute atomic E-state index is 12.7. The maximum Gasteiger partial charge on any atom is 0.253 e. The normalized spacial score (nSPS) is 17.5. The number of amides is 2. The summed E-state index contributed by atoms with van der Waals surface area (Å²) >= 11 is 0. The van der Waals surface area contributed by atoms with Crippen LogP contribution < -0.4 is 10.6 Å². The molecular formula is C20H30ClN3O2. The van der Waals surface area contributed by atoms with Gasteiger partial charge < -0.3 is 15.5 Å². The summed E-state index contributed by atoms with van der Waals surface area (Å²) in [5.74, 6) is 0.812. The van der Waals surface area contributed by atoms with Crippen molar-refractivity contribution in [3.05, 3.63) is 35.4 Å². The molecular weight excluding hydrogens is 350 g/mol. The largest absolute Gasteiger partial charge is 0.352 e. The molecule has 2 N–H and O–H groups in total. The lowest BCUT2D eigenvalue weighted by Crippen LogP contribution is -2.45. The number of hydrogen-bond acceptors (Lipinski definition) is 3. The molecule has 0 bridgehead atoms. The van der Waals surface area contributed by atoms with Crippen molar-refractivity contribution < 1.29 is 9.59 Å². The van der Waals surface area contributed by atoms with Crippen LogP contribution in [-0.2, 0) is 0 Å². The zero-order valence-corrected chi connectivity index (χ0v) is 16.3. The van der Waals surface area contributed by atoms with Crippen LogP contribution in [0.4, 0.5) is 0 Å². The highest BCUT2D eigenvalue weighted by Gasteiger charge is 2.26. The van der Waals surface area contributed by atoms with Gasteiger partial charge in [0.2, 0.25) is 0 Å². The van der Waals surface area contributed by atoms with E-state index in [9.17, 15) is 9.59 Å². The first kappa shape index (κ1) is 20.7. The molecule has 1 saturated carbocycles. The number of piperidine rings is 1. The Hall–Kier alpha value is -1.59. The van der Waals surface area contributed by atoms with E-state index in [0.29, 0.717) is 23.7 Å². The molecule has 0 unspecified atom stereocenters. The molecule has 3 rings (SSSR count). The van der Waals surface area contributed by atoms with Crippen molar-refractivity contribution in [2.75, 3.05) is 26.2 Å². The van der Waals surface area contributed by atoms with Crippen LogP contribution in [0.2, 0.25) is 0 Å². The van der Waals surface area contributed by atoms with E-state index in [1.165, 1.54) is 12.8 Å². The highest BCUT2D eigenvalue weighted by atomic mass is 35.5. The minimum atomic E-state index is -0.112. The first-order chi connectivity index (χ1) is 12.2. The van der Waals surface area contributed by atoms with Crippen LogP contribution in [0.3, 0.4) is 0 Å². The summed E-state index contributed by atoms with van der Waals surface area (Å²) in [6, 6.07) is 7.60. The Labute approximate surface area is 162 Å². The van der Waals surface area contributed by atoms with Crippen LogP contribution in [0.1, 0.15) is 59.7 Å². The van der Waals surface area contributed by atoms with Crippen molar-refractivity contribution in [2.45, 2.75) is 45.1 Å². The average molecular weight is 380 g/mol. The molecule has 2 aliphatic rings. The smallest absolute Gasteiger partial charge is 0.253 e. The second kappa shape index (κ2) is 9.93. The van der Waals surface area contributed by atoms with Gasteiger partial charge in [-0.25, -0.2) is 0 Å². The summed E-state index contributed by atoms with van der Waals surface area (Å²) in [5, 5.41) is 6.49. The number of carbonyl (C=O) groups excluding carboxylic acids is 2. The number of carbonyl (C=O) groups is 2. The third-order valence-corrected chi connectivity index (χ3v) is 5.08. The Morgan fingerprint density at radius 3 is 2.46 bits per heavy atom. The summed E-state index contributed by atoms with van der Waals surface area (Å²) in [5.41, 5.74) is 1.16. The first-order valence-electron chi connectivity index (χ1n) is 9.58. The summed E-state index contributed by atoms with van der Waals surface area (Å²) in [7, 11) is 0. The van der Waals surface area contributed by atoms with E-state index in [-0.39, 0.29) is 24.2 Å². The van der Waals surface area contributed by atoms with Gasteiger partial charge in [0.05, 0.1) is 0 Å². The number of rotatable bonds is 7. The number of likely N-dealkylation sites (tertiary alicyclic amines) is 1. The molecule has 5 nitrogen and oxygen atoms in total. The van der Waals surface area contributed by atoms with E-state index in [4.69, 9.17) is 0 Å². The Kier molecular flexibility index (Phi) is 7.91. The molecule has 2 fully saturated rings. The zero-order chi connectivity index (χ0) is 17.6. The van der Waals surface area contributed by atoms with Gasteiger partial charge in [-0.05, 0) is 62.8 Å². The van der Waals surface area contributed by atoms with E-state index >= 15 is 0 Å². The van der Waals surface area contributed by atoms with Crippen LogP contribution in [0.15, 0.2) is 24.3 Å². The minimum absolute atomic E-state index is 0. The lowest BCUT2D eigenvalue weighted by molar-refractivity contribution is 0.0705. The van der Waals surface area contributed by atoms with E-state index in [2.05, 4.69) is 10.6 Å². The van der Waals surface area contributed by atoms with E-state index < -0.39 is 0 Å². The molecule has 6 heteroatoms. The van der Waals surface area contributed by atoms with Gasteiger partial charge in [-0.1, -0.05) is 13.0 Å². The van der Waals surface area contributed by atoms with Gasteiger partial charge >= 0.3 is 0 Å². The molecule has 1 aliphatic carbocycles. The molecule has 144 valence electrons. The summed E-state index contributed by atoms with van der Waals surface area (Å²) < 4.78 is 0. The summed E-state index contributed by atoms with van der Waals surface area (Å²) in [6.07, 6.45) is 5.65. The SMILES string of the molecule is CCCNC(=O)c1cccc(C(=O)N2CCC(NCC3CC3)CC2)c1.Cl. The van der Waals surface area contributed by atoms with Crippen LogP contribution in [0, 0.1) is 5.92 Å². The molecule has 1 aromatic carbocycles. The Morgan fingerprint density at radius 2 is 1.81 bits per heavy atom. The molecule has 2 amide bonds. The molecule has 1 aromatic rings. The van der Waals surface area contributed by atoms with Gasteiger partial charge in [0.15, 0.2) is 0 Å². The lowest BCUT2D eigenvalue weighted by Gasteiger charge is -2.32. The standard InChI is InChI=1S/C20H29N3O2.ClH/c1-2-10-21-19(24)16-4-3-5-17(13-16)20(25)23-11-8-18(9-12-23)22-14-15-6-7-15;/h3-5,13,15,18,22H,2,6-12,14H2,1H3,(H,21,24);1H. The van der Waals surface area contributed by atoms with Crippen LogP contribution in [0.25, 0.3) is 0 Å². The highest BCUT2D eigenvalue weighted by molar-refractivity contribution is 5.99. The van der Waals surface area contributed by atoms with Crippen molar-refractivity contribution in [1.29, 1.82) is 0 Å². The maximum atomic E-state index is 12.7. The van der Waals surface area contributed by atoms with E-state index in [1.807, 2.05) is 11.8 Å². The molecule has 1 heterocycles. The molecule has 26 heavy (non-hydrogen) atoms. The van der Waals surface area contributed by atoms with Gasteiger partial charge in [0.1, 0.15) is 0 Å². The van der Waals surface area contributed by atoms with E-state index in [1.54, 1.807) is 24.3 Å². The molecule has 1 saturated heterocycles. The molecule has 0 radical (unpaired) electrons. The highest BCUT2D eigenvalue weighted by Crippen LogP contribution is 2.28. The minimum Gasteiger partial charge on any atom is -0.352 e. The number of halogens is 1. The average Bonchev–Trinajstić information content (AvgIpc) is 3.49. The quantitative estimate of drug-likeness (QED) is 0.765. The second-order valence-electron chi connectivity index (χ2n) is 7.25. The van der Waals surface area contributed by atoms with Crippen molar-refractivity contribution in [1.82, 2.24) is 15.5 Å². The third kappa shape index (κ3) is 5.71. The number of benzene rings is 1. The van der Waals surface area contributed by atoms with Gasteiger partial charge in [0.25, 0.3) is 11.8 Å². The number of nitrogens with one attached hydrogen (secondary N) is 2. The van der Waals surface area contributed by atoms with Gasteiger partial charge in [-0.15, -0.1) is 12.4 Å². The van der Waals surface area contributed by atoms with Crippen LogP contribution in [0.5, 0.6) is 0 Å². The van der Waals surface area contributed by atoms with Crippen molar-refractivity contribution in [2.24, 2.45) is 5.92 Å². The number of nitrogens with zero attached hydrogens (tertiary/aromatic N) is 1. The van der Waals surface area contributed by atoms with Crippen molar-refractivity contribution in [3.8, 4) is 0 Å². The fraction of sp³-hybridized carbons (Fsp3) is 0.600. The third-order valence-electron chi connectivity index (χ3n) is 5.08. The van der Waals surface area contributed by atoms with Crippen LogP contribution >= 0.6 is 12.4 Å². The summed E-state index contributed by atoms with van der Waals surface area (Å²) in [6.45, 7) is 5.37. The first-order valence-corrected chi connectivity index (χ1v) is 9.58. The van der Waals surface area contributed by atoms with Gasteiger partial charge in [0, 0.05) is 36.8 Å². The summed E-state index contributed by atoms with van der Waals surface area (Å²) in [4.78, 5) is 26.7. The fourth-order valence-corrected chi connectivity index (χ4v) is 3.26. The Bertz CT molecular complexity index is 611. The Morgan fingerprint density at radius 1 is 1.12 bits per heavy atom. The second-order valence-corrected chi connectivity index (χ2v) is 7.25. The van der Waals surface area contributed by atoms with Crippen molar-refractivity contribution >= 4 is 24.2 Å². The van der Waals surface area contributed by atoms with Crippen molar-refractivity contribution in [3.63, 3.8) is 0 Å². The monoisotopic (exact) mass is 379 g/mol.